The van der Waals surface area contributed by atoms with E-state index in [2.05, 4.69) is 19.2 Å². The first-order chi connectivity index (χ1) is 14.3. The van der Waals surface area contributed by atoms with Crippen LogP contribution in [0, 0.1) is 6.92 Å². The van der Waals surface area contributed by atoms with Crippen molar-refractivity contribution in [2.24, 2.45) is 0 Å². The smallest absolute Gasteiger partial charge is 0.262 e. The average molecular weight is 433 g/mol. The molecule has 3 rings (SSSR count). The van der Waals surface area contributed by atoms with Gasteiger partial charge in [0.15, 0.2) is 6.61 Å². The van der Waals surface area contributed by atoms with Gasteiger partial charge in [0, 0.05) is 18.8 Å². The Labute approximate surface area is 178 Å². The number of aryl methyl sites for hydroxylation is 1. The van der Waals surface area contributed by atoms with Gasteiger partial charge in [0.25, 0.3) is 5.91 Å². The summed E-state index contributed by atoms with van der Waals surface area (Å²) in [6.45, 7) is 7.10. The summed E-state index contributed by atoms with van der Waals surface area (Å²) in [4.78, 5) is 12.6. The molecule has 1 amide bonds. The fraction of sp³-hybridized carbons (Fsp3) is 0.409. The van der Waals surface area contributed by atoms with Crippen molar-refractivity contribution in [3.63, 3.8) is 0 Å². The van der Waals surface area contributed by atoms with Gasteiger partial charge in [-0.15, -0.1) is 0 Å². The predicted molar refractivity (Wildman–Crippen MR) is 115 cm³/mol. The number of hydrogen-bond donors (Lipinski definition) is 1. The molecule has 2 aromatic carbocycles. The van der Waals surface area contributed by atoms with Crippen molar-refractivity contribution in [1.82, 2.24) is 4.31 Å². The molecule has 1 N–H and O–H groups in total. The summed E-state index contributed by atoms with van der Waals surface area (Å²) in [7, 11) is -3.65. The third-order valence-corrected chi connectivity index (χ3v) is 7.00. The van der Waals surface area contributed by atoms with E-state index in [0.717, 1.165) is 5.56 Å². The third-order valence-electron chi connectivity index (χ3n) is 4.96. The van der Waals surface area contributed by atoms with Gasteiger partial charge >= 0.3 is 0 Å². The minimum atomic E-state index is -3.65. The summed E-state index contributed by atoms with van der Waals surface area (Å²) in [5.41, 5.74) is 2.07. The number of anilines is 1. The molecule has 8 heteroatoms. The minimum absolute atomic E-state index is 0.164. The Bertz CT molecular complexity index is 998. The molecule has 30 heavy (non-hydrogen) atoms. The molecule has 0 spiro atoms. The number of benzene rings is 2. The van der Waals surface area contributed by atoms with Crippen molar-refractivity contribution in [2.75, 3.05) is 38.2 Å². The van der Waals surface area contributed by atoms with Gasteiger partial charge in [-0.3, -0.25) is 4.79 Å². The van der Waals surface area contributed by atoms with Crippen LogP contribution in [0.2, 0.25) is 0 Å². The Morgan fingerprint density at radius 1 is 1.17 bits per heavy atom. The Morgan fingerprint density at radius 2 is 1.87 bits per heavy atom. The normalized spacial score (nSPS) is 15.2. The van der Waals surface area contributed by atoms with Gasteiger partial charge in [-0.2, -0.15) is 4.31 Å². The zero-order valence-corrected chi connectivity index (χ0v) is 18.4. The van der Waals surface area contributed by atoms with Crippen molar-refractivity contribution in [3.8, 4) is 5.75 Å². The fourth-order valence-electron chi connectivity index (χ4n) is 3.31. The van der Waals surface area contributed by atoms with Gasteiger partial charge < -0.3 is 14.8 Å². The minimum Gasteiger partial charge on any atom is -0.483 e. The average Bonchev–Trinajstić information content (AvgIpc) is 2.74. The van der Waals surface area contributed by atoms with Crippen LogP contribution in [0.15, 0.2) is 47.4 Å². The van der Waals surface area contributed by atoms with E-state index in [4.69, 9.17) is 9.47 Å². The molecule has 1 heterocycles. The lowest BCUT2D eigenvalue weighted by Gasteiger charge is -2.26. The van der Waals surface area contributed by atoms with E-state index in [1.54, 1.807) is 19.1 Å². The number of morpholine rings is 1. The SMILES string of the molecule is Cc1ccc(NC(=O)COc2ccccc2C(C)C)cc1S(=O)(=O)N1CCOCC1. The highest BCUT2D eigenvalue weighted by Crippen LogP contribution is 2.26. The first-order valence-electron chi connectivity index (χ1n) is 9.99. The molecule has 1 aliphatic heterocycles. The molecular weight excluding hydrogens is 404 g/mol. The molecule has 0 aliphatic carbocycles. The lowest BCUT2D eigenvalue weighted by atomic mass is 10.0. The topological polar surface area (TPSA) is 84.9 Å². The molecule has 0 radical (unpaired) electrons. The van der Waals surface area contributed by atoms with Crippen LogP contribution < -0.4 is 10.1 Å². The number of nitrogens with one attached hydrogen (secondary N) is 1. The number of sulfonamides is 1. The van der Waals surface area contributed by atoms with Crippen LogP contribution in [0.5, 0.6) is 5.75 Å². The number of para-hydroxylation sites is 1. The van der Waals surface area contributed by atoms with Crippen molar-refractivity contribution in [3.05, 3.63) is 53.6 Å². The van der Waals surface area contributed by atoms with E-state index in [0.29, 0.717) is 43.3 Å². The maximum Gasteiger partial charge on any atom is 0.262 e. The van der Waals surface area contributed by atoms with Crippen molar-refractivity contribution in [2.45, 2.75) is 31.6 Å². The quantitative estimate of drug-likeness (QED) is 0.727. The Balaban J connectivity index is 1.70. The second-order valence-electron chi connectivity index (χ2n) is 7.53. The van der Waals surface area contributed by atoms with Crippen LogP contribution in [-0.4, -0.2) is 51.5 Å². The highest BCUT2D eigenvalue weighted by Gasteiger charge is 2.28. The predicted octanol–water partition coefficient (Wildman–Crippen LogP) is 3.16. The molecule has 0 bridgehead atoms. The molecule has 0 aromatic heterocycles. The van der Waals surface area contributed by atoms with Crippen LogP contribution >= 0.6 is 0 Å². The molecule has 1 fully saturated rings. The second kappa shape index (κ2) is 9.59. The monoisotopic (exact) mass is 432 g/mol. The van der Waals surface area contributed by atoms with E-state index in [9.17, 15) is 13.2 Å². The number of carbonyl (C=O) groups is 1. The van der Waals surface area contributed by atoms with Gasteiger partial charge in [-0.05, 0) is 42.2 Å². The molecule has 7 nitrogen and oxygen atoms in total. The second-order valence-corrected chi connectivity index (χ2v) is 9.43. The zero-order valence-electron chi connectivity index (χ0n) is 17.6. The number of ether oxygens (including phenoxy) is 2. The largest absolute Gasteiger partial charge is 0.483 e. The van der Waals surface area contributed by atoms with Crippen molar-refractivity contribution < 1.29 is 22.7 Å². The highest BCUT2D eigenvalue weighted by molar-refractivity contribution is 7.89. The summed E-state index contributed by atoms with van der Waals surface area (Å²) in [6.07, 6.45) is 0. The number of hydrogen-bond acceptors (Lipinski definition) is 5. The van der Waals surface area contributed by atoms with E-state index in [1.807, 2.05) is 24.3 Å². The number of amides is 1. The number of nitrogens with zero attached hydrogens (tertiary/aromatic N) is 1. The van der Waals surface area contributed by atoms with Crippen molar-refractivity contribution >= 4 is 21.6 Å². The van der Waals surface area contributed by atoms with Crippen molar-refractivity contribution in [1.29, 1.82) is 0 Å². The summed E-state index contributed by atoms with van der Waals surface area (Å²) >= 11 is 0. The van der Waals surface area contributed by atoms with Gasteiger partial charge in [0.2, 0.25) is 10.0 Å². The summed E-state index contributed by atoms with van der Waals surface area (Å²) in [5, 5.41) is 2.73. The van der Waals surface area contributed by atoms with Crippen LogP contribution in [-0.2, 0) is 19.6 Å². The van der Waals surface area contributed by atoms with Crippen LogP contribution in [0.4, 0.5) is 5.69 Å². The van der Waals surface area contributed by atoms with Gasteiger partial charge in [0.05, 0.1) is 18.1 Å². The third kappa shape index (κ3) is 5.19. The van der Waals surface area contributed by atoms with E-state index in [1.165, 1.54) is 10.4 Å². The van der Waals surface area contributed by atoms with E-state index < -0.39 is 10.0 Å². The molecule has 0 unspecified atom stereocenters. The molecular formula is C22H28N2O5S. The van der Waals surface area contributed by atoms with Gasteiger partial charge in [0.1, 0.15) is 5.75 Å². The molecule has 0 saturated carbocycles. The highest BCUT2D eigenvalue weighted by atomic mass is 32.2. The van der Waals surface area contributed by atoms with Gasteiger partial charge in [-0.25, -0.2) is 8.42 Å². The summed E-state index contributed by atoms with van der Waals surface area (Å²) in [6, 6.07) is 12.5. The Hall–Kier alpha value is -2.42. The number of rotatable bonds is 7. The molecule has 0 atom stereocenters. The maximum absolute atomic E-state index is 13.0. The lowest BCUT2D eigenvalue weighted by Crippen LogP contribution is -2.40. The molecule has 162 valence electrons. The standard InChI is InChI=1S/C22H28N2O5S/c1-16(2)19-6-4-5-7-20(19)29-15-22(25)23-18-9-8-17(3)21(14-18)30(26,27)24-10-12-28-13-11-24/h4-9,14,16H,10-13,15H2,1-3H3,(H,23,25). The Morgan fingerprint density at radius 3 is 2.57 bits per heavy atom. The van der Waals surface area contributed by atoms with Crippen LogP contribution in [0.1, 0.15) is 30.9 Å². The van der Waals surface area contributed by atoms with Crippen LogP contribution in [0.25, 0.3) is 0 Å². The first kappa shape index (κ1) is 22.3. The molecule has 2 aromatic rings. The van der Waals surface area contributed by atoms with Gasteiger partial charge in [-0.1, -0.05) is 38.1 Å². The number of carbonyl (C=O) groups excluding carboxylic acids is 1. The molecule has 1 aliphatic rings. The Kier molecular flexibility index (Phi) is 7.12. The first-order valence-corrected chi connectivity index (χ1v) is 11.4. The lowest BCUT2D eigenvalue weighted by molar-refractivity contribution is -0.118. The van der Waals surface area contributed by atoms with E-state index in [-0.39, 0.29) is 23.3 Å². The summed E-state index contributed by atoms with van der Waals surface area (Å²) < 4.78 is 38.3. The molecule has 1 saturated heterocycles. The van der Waals surface area contributed by atoms with E-state index >= 15 is 0 Å². The maximum atomic E-state index is 13.0. The zero-order chi connectivity index (χ0) is 21.7. The summed E-state index contributed by atoms with van der Waals surface area (Å²) in [5.74, 6) is 0.587. The van der Waals surface area contributed by atoms with Crippen LogP contribution in [0.3, 0.4) is 0 Å². The fourth-order valence-corrected chi connectivity index (χ4v) is 4.97.